The third-order valence-electron chi connectivity index (χ3n) is 4.80. The minimum Gasteiger partial charge on any atom is -0.480 e. The molecule has 0 fully saturated rings. The van der Waals surface area contributed by atoms with Crippen molar-refractivity contribution in [2.45, 2.75) is 45.4 Å². The van der Waals surface area contributed by atoms with Gasteiger partial charge in [0, 0.05) is 6.42 Å². The lowest BCUT2D eigenvalue weighted by Gasteiger charge is -2.09. The first-order chi connectivity index (χ1) is 18.7. The maximum Gasteiger partial charge on any atom is 0.329 e. The van der Waals surface area contributed by atoms with Crippen molar-refractivity contribution in [2.75, 3.05) is 112 Å². The summed E-state index contributed by atoms with van der Waals surface area (Å²) in [5.41, 5.74) is 0. The number of hydrogen-bond donors (Lipinski definition) is 1. The van der Waals surface area contributed by atoms with Crippen molar-refractivity contribution in [3.05, 3.63) is 0 Å². The molecule has 0 rings (SSSR count). The fraction of sp³-hybridized carbons (Fsp3) is 0.923. The summed E-state index contributed by atoms with van der Waals surface area (Å²) in [5, 5.41) is 8.40. The molecule has 0 spiro atoms. The Balaban J connectivity index is 3.09. The van der Waals surface area contributed by atoms with Gasteiger partial charge in [-0.1, -0.05) is 32.6 Å². The summed E-state index contributed by atoms with van der Waals surface area (Å²) < 4.78 is 47.6. The monoisotopic (exact) mass is 554 g/mol. The molecule has 0 aromatic carbocycles. The van der Waals surface area contributed by atoms with Crippen LogP contribution >= 0.6 is 0 Å². The second-order valence-corrected chi connectivity index (χ2v) is 8.12. The molecule has 0 unspecified atom stereocenters. The fourth-order valence-electron chi connectivity index (χ4n) is 2.86. The summed E-state index contributed by atoms with van der Waals surface area (Å²) in [6.45, 7) is 8.62. The average Bonchev–Trinajstić information content (AvgIpc) is 2.90. The van der Waals surface area contributed by atoms with E-state index in [2.05, 4.69) is 6.92 Å². The topological polar surface area (TPSA) is 137 Å². The molecule has 226 valence electrons. The summed E-state index contributed by atoms with van der Waals surface area (Å²) in [7, 11) is 0. The molecule has 0 aromatic rings. The van der Waals surface area contributed by atoms with Crippen LogP contribution in [0.2, 0.25) is 0 Å². The van der Waals surface area contributed by atoms with E-state index in [0.717, 1.165) is 12.8 Å². The summed E-state index contributed by atoms with van der Waals surface area (Å²) in [4.78, 5) is 21.8. The van der Waals surface area contributed by atoms with Gasteiger partial charge in [-0.15, -0.1) is 0 Å². The number of carboxylic acids is 1. The van der Waals surface area contributed by atoms with E-state index in [1.807, 2.05) is 0 Å². The van der Waals surface area contributed by atoms with Crippen LogP contribution < -0.4 is 0 Å². The number of ether oxygens (including phenoxy) is 9. The molecule has 0 saturated heterocycles. The maximum atomic E-state index is 11.6. The second kappa shape index (κ2) is 31.8. The first-order valence-corrected chi connectivity index (χ1v) is 13.7. The predicted molar refractivity (Wildman–Crippen MR) is 139 cm³/mol. The van der Waals surface area contributed by atoms with Gasteiger partial charge in [-0.25, -0.2) is 4.79 Å². The molecule has 0 bridgehead atoms. The molecule has 0 aliphatic heterocycles. The molecular formula is C26H50O12. The summed E-state index contributed by atoms with van der Waals surface area (Å²) in [6.07, 6.45) is 6.05. The van der Waals surface area contributed by atoms with Gasteiger partial charge in [0.05, 0.1) is 99.1 Å². The van der Waals surface area contributed by atoms with Crippen LogP contribution in [0.25, 0.3) is 0 Å². The van der Waals surface area contributed by atoms with Gasteiger partial charge < -0.3 is 47.7 Å². The van der Waals surface area contributed by atoms with Gasteiger partial charge in [0.25, 0.3) is 0 Å². The number of unbranched alkanes of at least 4 members (excludes halogenated alkanes) is 4. The van der Waals surface area contributed by atoms with Gasteiger partial charge in [-0.05, 0) is 6.42 Å². The van der Waals surface area contributed by atoms with Gasteiger partial charge in [-0.2, -0.15) is 0 Å². The van der Waals surface area contributed by atoms with E-state index in [4.69, 9.17) is 47.7 Å². The highest BCUT2D eigenvalue weighted by Crippen LogP contribution is 2.05. The Kier molecular flexibility index (Phi) is 30.7. The van der Waals surface area contributed by atoms with Gasteiger partial charge in [-0.3, -0.25) is 4.79 Å². The second-order valence-electron chi connectivity index (χ2n) is 8.12. The molecule has 0 heterocycles. The largest absolute Gasteiger partial charge is 0.480 e. The molecule has 0 aliphatic carbocycles. The van der Waals surface area contributed by atoms with Crippen LogP contribution in [0.3, 0.4) is 0 Å². The zero-order valence-electron chi connectivity index (χ0n) is 23.2. The fourth-order valence-corrected chi connectivity index (χ4v) is 2.86. The van der Waals surface area contributed by atoms with E-state index >= 15 is 0 Å². The third-order valence-corrected chi connectivity index (χ3v) is 4.80. The number of carbonyl (C=O) groups excluding carboxylic acids is 1. The normalized spacial score (nSPS) is 11.2. The lowest BCUT2D eigenvalue weighted by atomic mass is 10.1. The Morgan fingerprint density at radius 2 is 0.816 bits per heavy atom. The van der Waals surface area contributed by atoms with Crippen LogP contribution in [0.15, 0.2) is 0 Å². The highest BCUT2D eigenvalue weighted by Gasteiger charge is 2.02. The molecule has 12 nitrogen and oxygen atoms in total. The van der Waals surface area contributed by atoms with Crippen LogP contribution in [0, 0.1) is 0 Å². The maximum absolute atomic E-state index is 11.6. The first kappa shape index (κ1) is 36.6. The number of aliphatic carboxylic acids is 1. The van der Waals surface area contributed by atoms with Gasteiger partial charge >= 0.3 is 11.9 Å². The minimum atomic E-state index is -0.996. The molecule has 0 aromatic heterocycles. The standard InChI is InChI=1S/C26H50O12/c1-2-3-4-5-6-7-26(29)38-23-22-36-19-18-34-15-14-32-11-10-30-8-9-31-12-13-33-16-17-35-20-21-37-24-25(27)28/h2-24H2,1H3,(H,27,28). The van der Waals surface area contributed by atoms with E-state index in [0.29, 0.717) is 98.9 Å². The quantitative estimate of drug-likeness (QED) is 0.0963. The molecule has 0 radical (unpaired) electrons. The van der Waals surface area contributed by atoms with Crippen molar-refractivity contribution >= 4 is 11.9 Å². The Morgan fingerprint density at radius 3 is 1.18 bits per heavy atom. The van der Waals surface area contributed by atoms with Crippen molar-refractivity contribution in [3.8, 4) is 0 Å². The zero-order valence-corrected chi connectivity index (χ0v) is 23.2. The van der Waals surface area contributed by atoms with Crippen LogP contribution in [-0.4, -0.2) is 129 Å². The molecule has 0 saturated carbocycles. The van der Waals surface area contributed by atoms with Crippen molar-refractivity contribution in [2.24, 2.45) is 0 Å². The molecule has 0 amide bonds. The lowest BCUT2D eigenvalue weighted by molar-refractivity contribution is -0.145. The van der Waals surface area contributed by atoms with E-state index < -0.39 is 5.97 Å². The molecular weight excluding hydrogens is 504 g/mol. The summed E-state index contributed by atoms with van der Waals surface area (Å²) >= 11 is 0. The summed E-state index contributed by atoms with van der Waals surface area (Å²) in [5.74, 6) is -1.15. The van der Waals surface area contributed by atoms with Crippen LogP contribution in [0.1, 0.15) is 45.4 Å². The molecule has 0 aliphatic rings. The minimum absolute atomic E-state index is 0.153. The van der Waals surface area contributed by atoms with Crippen molar-refractivity contribution in [1.29, 1.82) is 0 Å². The number of carbonyl (C=O) groups is 2. The van der Waals surface area contributed by atoms with Crippen LogP contribution in [0.5, 0.6) is 0 Å². The number of rotatable bonds is 32. The van der Waals surface area contributed by atoms with Crippen molar-refractivity contribution in [1.82, 2.24) is 0 Å². The molecule has 12 heteroatoms. The molecule has 0 atom stereocenters. The SMILES string of the molecule is CCCCCCCC(=O)OCCOCCOCCOCCOCCOCCOCCOCCOCC(=O)O. The van der Waals surface area contributed by atoms with E-state index in [1.54, 1.807) is 0 Å². The van der Waals surface area contributed by atoms with Crippen molar-refractivity contribution in [3.63, 3.8) is 0 Å². The predicted octanol–water partition coefficient (Wildman–Crippen LogP) is 2.11. The van der Waals surface area contributed by atoms with Gasteiger partial charge in [0.2, 0.25) is 0 Å². The van der Waals surface area contributed by atoms with Gasteiger partial charge in [0.1, 0.15) is 13.2 Å². The lowest BCUT2D eigenvalue weighted by Crippen LogP contribution is -2.15. The first-order valence-electron chi connectivity index (χ1n) is 13.7. The average molecular weight is 555 g/mol. The Morgan fingerprint density at radius 1 is 0.474 bits per heavy atom. The smallest absolute Gasteiger partial charge is 0.329 e. The van der Waals surface area contributed by atoms with Crippen molar-refractivity contribution < 1.29 is 57.3 Å². The summed E-state index contributed by atoms with van der Waals surface area (Å²) in [6, 6.07) is 0. The van der Waals surface area contributed by atoms with Gasteiger partial charge in [0.15, 0.2) is 0 Å². The number of carboxylic acid groups (broad SMARTS) is 1. The Labute approximate surface area is 227 Å². The van der Waals surface area contributed by atoms with E-state index in [-0.39, 0.29) is 25.8 Å². The van der Waals surface area contributed by atoms with E-state index in [9.17, 15) is 9.59 Å². The van der Waals surface area contributed by atoms with Crippen LogP contribution in [0.4, 0.5) is 0 Å². The highest BCUT2D eigenvalue weighted by molar-refractivity contribution is 5.69. The van der Waals surface area contributed by atoms with E-state index in [1.165, 1.54) is 19.3 Å². The Bertz CT molecular complexity index is 507. The number of esters is 1. The van der Waals surface area contributed by atoms with Crippen LogP contribution in [-0.2, 0) is 52.2 Å². The Hall–Kier alpha value is -1.38. The number of hydrogen-bond acceptors (Lipinski definition) is 11. The molecule has 1 N–H and O–H groups in total. The highest BCUT2D eigenvalue weighted by atomic mass is 16.6. The zero-order chi connectivity index (χ0) is 27.8. The molecule has 38 heavy (non-hydrogen) atoms. The third kappa shape index (κ3) is 32.6.